The van der Waals surface area contributed by atoms with Crippen LogP contribution in [0.4, 0.5) is 13.2 Å². The minimum Gasteiger partial charge on any atom is -0.465 e. The SMILES string of the molecule is CCOC(=O)CN=C1CCCC(N(C)S(=O)(=O)c2cc(C(F)(F)F)cc(C3(CC)CC3)c2)C1=CN. The molecule has 11 heteroatoms. The lowest BCUT2D eigenvalue weighted by atomic mass is 9.88. The monoisotopic (exact) mass is 515 g/mol. The van der Waals surface area contributed by atoms with E-state index in [0.717, 1.165) is 23.2 Å². The van der Waals surface area contributed by atoms with E-state index >= 15 is 0 Å². The van der Waals surface area contributed by atoms with E-state index in [1.54, 1.807) is 6.92 Å². The molecule has 2 N–H and O–H groups in total. The summed E-state index contributed by atoms with van der Waals surface area (Å²) in [6.45, 7) is 3.56. The summed E-state index contributed by atoms with van der Waals surface area (Å²) in [6, 6.07) is 2.42. The third kappa shape index (κ3) is 5.72. The van der Waals surface area contributed by atoms with Gasteiger partial charge in [-0.25, -0.2) is 8.42 Å². The molecule has 7 nitrogen and oxygen atoms in total. The molecule has 2 aliphatic rings. The van der Waals surface area contributed by atoms with E-state index in [-0.39, 0.29) is 13.2 Å². The number of likely N-dealkylation sites (N-methyl/N-ethyl adjacent to an activating group) is 1. The Bertz CT molecular complexity index is 1130. The first-order valence-corrected chi connectivity index (χ1v) is 13.2. The molecule has 0 amide bonds. The van der Waals surface area contributed by atoms with Crippen molar-refractivity contribution in [2.75, 3.05) is 20.2 Å². The van der Waals surface area contributed by atoms with Crippen LogP contribution in [0.25, 0.3) is 0 Å². The van der Waals surface area contributed by atoms with Gasteiger partial charge in [0.2, 0.25) is 10.0 Å². The van der Waals surface area contributed by atoms with E-state index in [0.29, 0.717) is 48.6 Å². The quantitative estimate of drug-likeness (QED) is 0.524. The zero-order chi connectivity index (χ0) is 26.0. The fourth-order valence-electron chi connectivity index (χ4n) is 4.63. The lowest BCUT2D eigenvalue weighted by Gasteiger charge is -2.33. The maximum atomic E-state index is 13.7. The number of alkyl halides is 3. The fraction of sp³-hybridized carbons (Fsp3) is 0.583. The normalized spacial score (nSPS) is 22.5. The summed E-state index contributed by atoms with van der Waals surface area (Å²) in [5, 5.41) is 0. The van der Waals surface area contributed by atoms with E-state index in [1.807, 2.05) is 6.92 Å². The van der Waals surface area contributed by atoms with Gasteiger partial charge in [0, 0.05) is 24.5 Å². The Hall–Kier alpha value is -2.40. The van der Waals surface area contributed by atoms with Gasteiger partial charge in [0.25, 0.3) is 0 Å². The van der Waals surface area contributed by atoms with Crippen LogP contribution in [0.3, 0.4) is 0 Å². The van der Waals surface area contributed by atoms with E-state index in [2.05, 4.69) is 4.99 Å². The summed E-state index contributed by atoms with van der Waals surface area (Å²) in [5.74, 6) is -0.513. The lowest BCUT2D eigenvalue weighted by molar-refractivity contribution is -0.141. The molecule has 0 radical (unpaired) electrons. The van der Waals surface area contributed by atoms with Crippen LogP contribution < -0.4 is 5.73 Å². The minimum absolute atomic E-state index is 0.213. The van der Waals surface area contributed by atoms with Crippen molar-refractivity contribution in [3.63, 3.8) is 0 Å². The molecule has 0 aromatic heterocycles. The number of rotatable bonds is 8. The van der Waals surface area contributed by atoms with Gasteiger partial charge in [-0.2, -0.15) is 17.5 Å². The topological polar surface area (TPSA) is 102 Å². The molecule has 1 aromatic rings. The Morgan fingerprint density at radius 2 is 1.97 bits per heavy atom. The Balaban J connectivity index is 1.98. The first kappa shape index (κ1) is 27.2. The van der Waals surface area contributed by atoms with Crippen LogP contribution in [-0.2, 0) is 31.1 Å². The van der Waals surface area contributed by atoms with Gasteiger partial charge in [0.05, 0.1) is 23.1 Å². The Morgan fingerprint density at radius 1 is 1.29 bits per heavy atom. The molecule has 0 spiro atoms. The van der Waals surface area contributed by atoms with Crippen molar-refractivity contribution in [1.82, 2.24) is 4.31 Å². The van der Waals surface area contributed by atoms with Gasteiger partial charge < -0.3 is 10.5 Å². The standard InChI is InChI=1S/C24H32F3N3O4S/c1-4-23(9-10-23)16-11-17(24(25,26)27)13-18(12-16)35(32,33)30(3)21-8-6-7-20(19(21)14-28)29-15-22(31)34-5-2/h11-14,21H,4-10,15,28H2,1-3H3. The highest BCUT2D eigenvalue weighted by Crippen LogP contribution is 2.52. The number of hydrogen-bond acceptors (Lipinski definition) is 6. The smallest absolute Gasteiger partial charge is 0.416 e. The van der Waals surface area contributed by atoms with Crippen LogP contribution in [0.5, 0.6) is 0 Å². The summed E-state index contributed by atoms with van der Waals surface area (Å²) >= 11 is 0. The molecule has 194 valence electrons. The van der Waals surface area contributed by atoms with Crippen LogP contribution >= 0.6 is 0 Å². The molecule has 0 heterocycles. The van der Waals surface area contributed by atoms with Gasteiger partial charge >= 0.3 is 12.1 Å². The number of carbonyl (C=O) groups excluding carboxylic acids is 1. The van der Waals surface area contributed by atoms with Gasteiger partial charge in [-0.15, -0.1) is 0 Å². The average Bonchev–Trinajstić information content (AvgIpc) is 3.62. The molecular formula is C24H32F3N3O4S. The number of benzene rings is 1. The minimum atomic E-state index is -4.68. The van der Waals surface area contributed by atoms with Crippen molar-refractivity contribution >= 4 is 21.7 Å². The van der Waals surface area contributed by atoms with Gasteiger partial charge in [-0.05, 0) is 74.6 Å². The van der Waals surface area contributed by atoms with Crippen molar-refractivity contribution in [1.29, 1.82) is 0 Å². The molecule has 0 saturated heterocycles. The number of nitrogens with two attached hydrogens (primary N) is 1. The molecule has 1 unspecified atom stereocenters. The molecule has 2 saturated carbocycles. The predicted octanol–water partition coefficient (Wildman–Crippen LogP) is 4.17. The maximum absolute atomic E-state index is 13.7. The van der Waals surface area contributed by atoms with Crippen molar-refractivity contribution in [3.8, 4) is 0 Å². The third-order valence-electron chi connectivity index (χ3n) is 6.96. The number of ether oxygens (including phenoxy) is 1. The Labute approximate surface area is 204 Å². The predicted molar refractivity (Wildman–Crippen MR) is 126 cm³/mol. The van der Waals surface area contributed by atoms with Gasteiger partial charge in [-0.1, -0.05) is 6.92 Å². The number of esters is 1. The first-order valence-electron chi connectivity index (χ1n) is 11.7. The van der Waals surface area contributed by atoms with Crippen molar-refractivity contribution in [2.45, 2.75) is 74.9 Å². The van der Waals surface area contributed by atoms with Crippen LogP contribution in [0.1, 0.15) is 63.5 Å². The third-order valence-corrected chi connectivity index (χ3v) is 8.80. The van der Waals surface area contributed by atoms with Crippen LogP contribution in [0, 0.1) is 0 Å². The highest BCUT2D eigenvalue weighted by molar-refractivity contribution is 7.89. The van der Waals surface area contributed by atoms with Crippen LogP contribution in [-0.4, -0.2) is 50.6 Å². The number of carbonyl (C=O) groups is 1. The zero-order valence-electron chi connectivity index (χ0n) is 20.2. The van der Waals surface area contributed by atoms with Crippen LogP contribution in [0.2, 0.25) is 0 Å². The summed E-state index contributed by atoms with van der Waals surface area (Å²) in [6.07, 6.45) is 0.160. The number of hydrogen-bond donors (Lipinski definition) is 1. The molecule has 3 rings (SSSR count). The average molecular weight is 516 g/mol. The largest absolute Gasteiger partial charge is 0.465 e. The highest BCUT2D eigenvalue weighted by Gasteiger charge is 2.45. The number of sulfonamides is 1. The summed E-state index contributed by atoms with van der Waals surface area (Å²) < 4.78 is 74.2. The highest BCUT2D eigenvalue weighted by atomic mass is 32.2. The van der Waals surface area contributed by atoms with E-state index in [4.69, 9.17) is 10.5 Å². The molecule has 1 aromatic carbocycles. The number of aliphatic imine (C=N–C) groups is 1. The number of halogens is 3. The van der Waals surface area contributed by atoms with E-state index < -0.39 is 44.1 Å². The van der Waals surface area contributed by atoms with Gasteiger partial charge in [0.1, 0.15) is 6.54 Å². The van der Waals surface area contributed by atoms with Crippen LogP contribution in [0.15, 0.2) is 39.9 Å². The Kier molecular flexibility index (Phi) is 8.00. The molecule has 2 aliphatic carbocycles. The number of nitrogens with zero attached hydrogens (tertiary/aromatic N) is 2. The maximum Gasteiger partial charge on any atom is 0.416 e. The second-order valence-corrected chi connectivity index (χ2v) is 11.0. The molecule has 2 fully saturated rings. The second kappa shape index (κ2) is 10.3. The second-order valence-electron chi connectivity index (χ2n) is 9.00. The zero-order valence-corrected chi connectivity index (χ0v) is 21.0. The van der Waals surface area contributed by atoms with E-state index in [1.165, 1.54) is 19.3 Å². The molecule has 0 aliphatic heterocycles. The van der Waals surface area contributed by atoms with Crippen molar-refractivity contribution < 1.29 is 31.1 Å². The molecule has 0 bridgehead atoms. The Morgan fingerprint density at radius 3 is 2.51 bits per heavy atom. The van der Waals surface area contributed by atoms with Crippen molar-refractivity contribution in [2.24, 2.45) is 10.7 Å². The van der Waals surface area contributed by atoms with Crippen molar-refractivity contribution in [3.05, 3.63) is 41.1 Å². The summed E-state index contributed by atoms with van der Waals surface area (Å²) in [7, 11) is -2.96. The molecule has 35 heavy (non-hydrogen) atoms. The lowest BCUT2D eigenvalue weighted by Crippen LogP contribution is -2.42. The van der Waals surface area contributed by atoms with Gasteiger partial charge in [-0.3, -0.25) is 9.79 Å². The summed E-state index contributed by atoms with van der Waals surface area (Å²) in [4.78, 5) is 15.6. The van der Waals surface area contributed by atoms with E-state index in [9.17, 15) is 26.4 Å². The fourth-order valence-corrected chi connectivity index (χ4v) is 6.06. The first-order chi connectivity index (χ1) is 16.4. The van der Waals surface area contributed by atoms with Gasteiger partial charge in [0.15, 0.2) is 0 Å². The summed E-state index contributed by atoms with van der Waals surface area (Å²) in [5.41, 5.74) is 5.77. The molecule has 1 atom stereocenters. The molecular weight excluding hydrogens is 483 g/mol.